The molecule has 2 atom stereocenters. The summed E-state index contributed by atoms with van der Waals surface area (Å²) >= 11 is 0. The molecule has 1 aromatic carbocycles. The maximum absolute atomic E-state index is 3.76. The van der Waals surface area contributed by atoms with Crippen LogP contribution in [0.15, 0.2) is 24.3 Å². The molecule has 0 aromatic heterocycles. The molecule has 3 heteroatoms. The number of hydrogen-bond donors (Lipinski definition) is 1. The van der Waals surface area contributed by atoms with Gasteiger partial charge in [0.2, 0.25) is 0 Å². The highest BCUT2D eigenvalue weighted by Crippen LogP contribution is 2.33. The van der Waals surface area contributed by atoms with Gasteiger partial charge in [-0.2, -0.15) is 0 Å². The fourth-order valence-corrected chi connectivity index (χ4v) is 4.00. The van der Waals surface area contributed by atoms with Crippen LogP contribution < -0.4 is 5.32 Å². The lowest BCUT2D eigenvalue weighted by atomic mass is 9.83. The molecule has 0 saturated carbocycles. The molecule has 0 spiro atoms. The third-order valence-corrected chi connectivity index (χ3v) is 5.13. The highest BCUT2D eigenvalue weighted by atomic mass is 15.2. The van der Waals surface area contributed by atoms with Crippen LogP contribution in [0.4, 0.5) is 0 Å². The summed E-state index contributed by atoms with van der Waals surface area (Å²) in [5.41, 5.74) is 3.08. The minimum atomic E-state index is 0.503. The molecule has 3 nitrogen and oxygen atoms in total. The second kappa shape index (κ2) is 6.91. The van der Waals surface area contributed by atoms with Gasteiger partial charge < -0.3 is 10.2 Å². The van der Waals surface area contributed by atoms with Gasteiger partial charge in [-0.1, -0.05) is 31.2 Å². The monoisotopic (exact) mass is 287 g/mol. The number of fused-ring (bicyclic) bond motifs is 1. The molecule has 1 aliphatic heterocycles. The van der Waals surface area contributed by atoms with Crippen molar-refractivity contribution in [1.29, 1.82) is 0 Å². The van der Waals surface area contributed by atoms with Crippen LogP contribution in [0.5, 0.6) is 0 Å². The molecule has 1 saturated heterocycles. The van der Waals surface area contributed by atoms with Gasteiger partial charge in [0.25, 0.3) is 0 Å². The average Bonchev–Trinajstić information content (AvgIpc) is 2.73. The number of nitrogens with one attached hydrogen (secondary N) is 1. The van der Waals surface area contributed by atoms with Crippen LogP contribution in [0.2, 0.25) is 0 Å². The molecular formula is C18H29N3. The van der Waals surface area contributed by atoms with E-state index in [0.717, 1.165) is 6.54 Å². The molecule has 0 bridgehead atoms. The maximum atomic E-state index is 3.76. The summed E-state index contributed by atoms with van der Waals surface area (Å²) in [6.45, 7) is 8.18. The summed E-state index contributed by atoms with van der Waals surface area (Å²) in [4.78, 5) is 5.21. The van der Waals surface area contributed by atoms with E-state index in [1.165, 1.54) is 51.0 Å². The van der Waals surface area contributed by atoms with E-state index < -0.39 is 0 Å². The number of hydrogen-bond acceptors (Lipinski definition) is 3. The molecule has 1 heterocycles. The fourth-order valence-electron chi connectivity index (χ4n) is 4.00. The van der Waals surface area contributed by atoms with E-state index in [1.807, 2.05) is 0 Å². The quantitative estimate of drug-likeness (QED) is 0.920. The van der Waals surface area contributed by atoms with E-state index in [0.29, 0.717) is 12.1 Å². The summed E-state index contributed by atoms with van der Waals surface area (Å²) in [6.07, 6.45) is 3.82. The van der Waals surface area contributed by atoms with Crippen LogP contribution in [0.25, 0.3) is 0 Å². The zero-order valence-corrected chi connectivity index (χ0v) is 13.5. The minimum Gasteiger partial charge on any atom is -0.309 e. The minimum absolute atomic E-state index is 0.503. The predicted molar refractivity (Wildman–Crippen MR) is 88.7 cm³/mol. The van der Waals surface area contributed by atoms with Crippen molar-refractivity contribution in [2.75, 3.05) is 39.8 Å². The van der Waals surface area contributed by atoms with Gasteiger partial charge in [-0.05, 0) is 57.1 Å². The third kappa shape index (κ3) is 3.31. The first-order valence-corrected chi connectivity index (χ1v) is 8.53. The van der Waals surface area contributed by atoms with E-state index >= 15 is 0 Å². The normalized spacial score (nSPS) is 28.1. The molecule has 3 rings (SSSR count). The number of rotatable bonds is 3. The van der Waals surface area contributed by atoms with E-state index in [2.05, 4.69) is 53.4 Å². The zero-order valence-electron chi connectivity index (χ0n) is 13.5. The summed E-state index contributed by atoms with van der Waals surface area (Å²) < 4.78 is 0. The van der Waals surface area contributed by atoms with E-state index in [1.54, 1.807) is 5.56 Å². The fraction of sp³-hybridized carbons (Fsp3) is 0.667. The van der Waals surface area contributed by atoms with Gasteiger partial charge in [0, 0.05) is 25.2 Å². The van der Waals surface area contributed by atoms with Crippen LogP contribution in [0.1, 0.15) is 36.9 Å². The summed E-state index contributed by atoms with van der Waals surface area (Å²) in [5.74, 6) is 0. The molecule has 21 heavy (non-hydrogen) atoms. The lowest BCUT2D eigenvalue weighted by Crippen LogP contribution is -2.48. The summed E-state index contributed by atoms with van der Waals surface area (Å²) in [6, 6.07) is 10.2. The van der Waals surface area contributed by atoms with Crippen molar-refractivity contribution in [3.63, 3.8) is 0 Å². The topological polar surface area (TPSA) is 18.5 Å². The van der Waals surface area contributed by atoms with Gasteiger partial charge in [-0.3, -0.25) is 4.90 Å². The standard InChI is InChI=1S/C18H29N3/c1-3-19-18-16-8-5-4-7-15(16)9-10-17(18)21-12-6-11-20(2)13-14-21/h4-5,7-8,17-19H,3,6,9-14H2,1-2H3. The Bertz CT molecular complexity index is 460. The number of likely N-dealkylation sites (N-methyl/N-ethyl adjacent to an activating group) is 2. The second-order valence-corrected chi connectivity index (χ2v) is 6.53. The van der Waals surface area contributed by atoms with E-state index in [9.17, 15) is 0 Å². The van der Waals surface area contributed by atoms with Gasteiger partial charge in [0.15, 0.2) is 0 Å². The average molecular weight is 287 g/mol. The van der Waals surface area contributed by atoms with Crippen molar-refractivity contribution in [3.05, 3.63) is 35.4 Å². The Hall–Kier alpha value is -0.900. The maximum Gasteiger partial charge on any atom is 0.0480 e. The van der Waals surface area contributed by atoms with Gasteiger partial charge in [0.05, 0.1) is 0 Å². The Balaban J connectivity index is 1.81. The Morgan fingerprint density at radius 1 is 1.14 bits per heavy atom. The van der Waals surface area contributed by atoms with Crippen LogP contribution in [0.3, 0.4) is 0 Å². The Morgan fingerprint density at radius 2 is 2.00 bits per heavy atom. The number of aryl methyl sites for hydroxylation is 1. The second-order valence-electron chi connectivity index (χ2n) is 6.53. The van der Waals surface area contributed by atoms with Crippen molar-refractivity contribution in [2.24, 2.45) is 0 Å². The van der Waals surface area contributed by atoms with E-state index in [4.69, 9.17) is 0 Å². The first-order valence-electron chi connectivity index (χ1n) is 8.53. The van der Waals surface area contributed by atoms with Crippen molar-refractivity contribution < 1.29 is 0 Å². The molecule has 1 fully saturated rings. The highest BCUT2D eigenvalue weighted by molar-refractivity contribution is 5.34. The molecule has 1 aliphatic carbocycles. The first kappa shape index (κ1) is 15.0. The van der Waals surface area contributed by atoms with Crippen LogP contribution in [-0.2, 0) is 6.42 Å². The molecule has 2 unspecified atom stereocenters. The third-order valence-electron chi connectivity index (χ3n) is 5.13. The first-order chi connectivity index (χ1) is 10.3. The highest BCUT2D eigenvalue weighted by Gasteiger charge is 2.33. The predicted octanol–water partition coefficient (Wildman–Crippen LogP) is 2.29. The zero-order chi connectivity index (χ0) is 14.7. The summed E-state index contributed by atoms with van der Waals surface area (Å²) in [7, 11) is 2.25. The lowest BCUT2D eigenvalue weighted by Gasteiger charge is -2.41. The van der Waals surface area contributed by atoms with Gasteiger partial charge in [-0.25, -0.2) is 0 Å². The largest absolute Gasteiger partial charge is 0.309 e. The van der Waals surface area contributed by atoms with Gasteiger partial charge in [0.1, 0.15) is 0 Å². The van der Waals surface area contributed by atoms with Crippen molar-refractivity contribution in [1.82, 2.24) is 15.1 Å². The molecule has 0 radical (unpaired) electrons. The van der Waals surface area contributed by atoms with Crippen molar-refractivity contribution in [3.8, 4) is 0 Å². The Kier molecular flexibility index (Phi) is 4.94. The smallest absolute Gasteiger partial charge is 0.0480 e. The number of benzene rings is 1. The number of nitrogens with zero attached hydrogens (tertiary/aromatic N) is 2. The molecule has 0 amide bonds. The van der Waals surface area contributed by atoms with Crippen molar-refractivity contribution >= 4 is 0 Å². The molecule has 1 aromatic rings. The Labute approximate surface area is 129 Å². The molecular weight excluding hydrogens is 258 g/mol. The molecule has 1 N–H and O–H groups in total. The van der Waals surface area contributed by atoms with Crippen LogP contribution in [0, 0.1) is 0 Å². The van der Waals surface area contributed by atoms with Crippen molar-refractivity contribution in [2.45, 2.75) is 38.3 Å². The van der Waals surface area contributed by atoms with Crippen LogP contribution >= 0.6 is 0 Å². The van der Waals surface area contributed by atoms with E-state index in [-0.39, 0.29) is 0 Å². The molecule has 2 aliphatic rings. The summed E-state index contributed by atoms with van der Waals surface area (Å²) in [5, 5.41) is 3.76. The molecule has 116 valence electrons. The SMILES string of the molecule is CCNC1c2ccccc2CCC1N1CCCN(C)CC1. The van der Waals surface area contributed by atoms with Crippen LogP contribution in [-0.4, -0.2) is 55.6 Å². The Morgan fingerprint density at radius 3 is 2.86 bits per heavy atom. The van der Waals surface area contributed by atoms with Gasteiger partial charge in [-0.15, -0.1) is 0 Å². The lowest BCUT2D eigenvalue weighted by molar-refractivity contribution is 0.146. The van der Waals surface area contributed by atoms with Gasteiger partial charge >= 0.3 is 0 Å².